The third kappa shape index (κ3) is 2.75. The zero-order valence-electron chi connectivity index (χ0n) is 16.8. The lowest BCUT2D eigenvalue weighted by Crippen LogP contribution is -2.37. The lowest BCUT2D eigenvalue weighted by atomic mass is 10.1. The predicted molar refractivity (Wildman–Crippen MR) is 105 cm³/mol. The summed E-state index contributed by atoms with van der Waals surface area (Å²) in [5.74, 6) is 1.10. The van der Waals surface area contributed by atoms with Crippen LogP contribution in [-0.2, 0) is 20.6 Å². The maximum Gasteiger partial charge on any atom is 0.332 e. The van der Waals surface area contributed by atoms with E-state index in [4.69, 9.17) is 4.52 Å². The number of Topliss-reactive ketones (excluding diaryl/α,β-unsaturated/α-hetero) is 1. The van der Waals surface area contributed by atoms with Crippen LogP contribution in [0.4, 0.5) is 0 Å². The molecule has 4 aromatic heterocycles. The molecular formula is C19H20N6O4. The molecule has 0 saturated carbocycles. The highest BCUT2D eigenvalue weighted by atomic mass is 16.5. The Morgan fingerprint density at radius 2 is 1.83 bits per heavy atom. The van der Waals surface area contributed by atoms with Crippen molar-refractivity contribution in [3.63, 3.8) is 0 Å². The minimum absolute atomic E-state index is 0.0773. The molecule has 0 bridgehead atoms. The van der Waals surface area contributed by atoms with Crippen LogP contribution in [-0.4, -0.2) is 34.2 Å². The second-order valence-electron chi connectivity index (χ2n) is 7.09. The topological polar surface area (TPSA) is 110 Å². The van der Waals surface area contributed by atoms with Crippen molar-refractivity contribution in [3.8, 4) is 5.82 Å². The van der Waals surface area contributed by atoms with Crippen molar-refractivity contribution in [2.45, 2.75) is 27.3 Å². The first-order chi connectivity index (χ1) is 13.7. The molecule has 0 radical (unpaired) electrons. The monoisotopic (exact) mass is 396 g/mol. The van der Waals surface area contributed by atoms with Crippen LogP contribution in [0, 0.1) is 20.8 Å². The van der Waals surface area contributed by atoms with Crippen molar-refractivity contribution in [1.29, 1.82) is 0 Å². The molecular weight excluding hydrogens is 376 g/mol. The number of aryl methyl sites for hydroxylation is 3. The Balaban J connectivity index is 1.77. The Labute approximate surface area is 164 Å². The molecule has 0 N–H and O–H groups in total. The summed E-state index contributed by atoms with van der Waals surface area (Å²) in [7, 11) is 2.94. The van der Waals surface area contributed by atoms with E-state index in [-0.39, 0.29) is 23.5 Å². The van der Waals surface area contributed by atoms with Crippen molar-refractivity contribution in [1.82, 2.24) is 28.4 Å². The van der Waals surface area contributed by atoms with Crippen molar-refractivity contribution in [3.05, 3.63) is 62.0 Å². The molecule has 0 aliphatic rings. The van der Waals surface area contributed by atoms with Crippen LogP contribution >= 0.6 is 0 Å². The number of imidazole rings is 1. The molecule has 4 aromatic rings. The number of nitrogens with zero attached hydrogens (tertiary/aromatic N) is 6. The van der Waals surface area contributed by atoms with Crippen LogP contribution < -0.4 is 11.2 Å². The van der Waals surface area contributed by atoms with Gasteiger partial charge in [-0.15, -0.1) is 0 Å². The number of hydrogen-bond acceptors (Lipinski definition) is 6. The quantitative estimate of drug-likeness (QED) is 0.477. The first kappa shape index (κ1) is 18.7. The smallest absolute Gasteiger partial charge is 0.332 e. The number of carbonyl (C=O) groups is 1. The predicted octanol–water partition coefficient (Wildman–Crippen LogP) is 1.02. The summed E-state index contributed by atoms with van der Waals surface area (Å²) in [6.07, 6.45) is 1.41. The van der Waals surface area contributed by atoms with Crippen LogP contribution in [0.25, 0.3) is 17.0 Å². The third-order valence-corrected chi connectivity index (χ3v) is 5.11. The molecule has 0 aromatic carbocycles. The van der Waals surface area contributed by atoms with Gasteiger partial charge < -0.3 is 9.09 Å². The maximum absolute atomic E-state index is 13.0. The standard InChI is InChI=1S/C19H20N6O4/c1-10-6-13(12(3)25(10)15-7-11(2)29-21-15)14(26)8-24-9-20-17-16(24)18(27)23(5)19(28)22(17)4/h6-7,9H,8H2,1-5H3. The Morgan fingerprint density at radius 3 is 2.48 bits per heavy atom. The van der Waals surface area contributed by atoms with Crippen molar-refractivity contribution >= 4 is 16.9 Å². The lowest BCUT2D eigenvalue weighted by Gasteiger charge is -2.07. The van der Waals surface area contributed by atoms with Crippen molar-refractivity contribution in [2.24, 2.45) is 14.1 Å². The summed E-state index contributed by atoms with van der Waals surface area (Å²) < 4.78 is 10.8. The fourth-order valence-corrected chi connectivity index (χ4v) is 3.61. The average molecular weight is 396 g/mol. The van der Waals surface area contributed by atoms with Gasteiger partial charge >= 0.3 is 5.69 Å². The van der Waals surface area contributed by atoms with E-state index in [2.05, 4.69) is 10.1 Å². The molecule has 10 nitrogen and oxygen atoms in total. The van der Waals surface area contributed by atoms with E-state index in [9.17, 15) is 14.4 Å². The van der Waals surface area contributed by atoms with Gasteiger partial charge in [0.05, 0.1) is 12.9 Å². The molecule has 29 heavy (non-hydrogen) atoms. The number of rotatable bonds is 4. The second kappa shape index (κ2) is 6.43. The Bertz CT molecular complexity index is 1390. The van der Waals surface area contributed by atoms with E-state index in [1.165, 1.54) is 29.6 Å². The van der Waals surface area contributed by atoms with E-state index in [0.717, 1.165) is 16.0 Å². The first-order valence-electron chi connectivity index (χ1n) is 8.97. The van der Waals surface area contributed by atoms with Gasteiger partial charge in [0, 0.05) is 37.1 Å². The molecule has 0 unspecified atom stereocenters. The van der Waals surface area contributed by atoms with Crippen LogP contribution in [0.2, 0.25) is 0 Å². The van der Waals surface area contributed by atoms with Crippen LogP contribution in [0.1, 0.15) is 27.5 Å². The molecule has 4 heterocycles. The number of ketones is 1. The molecule has 0 spiro atoms. The summed E-state index contributed by atoms with van der Waals surface area (Å²) in [6.45, 7) is 5.44. The molecule has 0 fully saturated rings. The van der Waals surface area contributed by atoms with E-state index < -0.39 is 11.2 Å². The summed E-state index contributed by atoms with van der Waals surface area (Å²) in [4.78, 5) is 41.8. The van der Waals surface area contributed by atoms with Gasteiger partial charge in [-0.1, -0.05) is 5.16 Å². The van der Waals surface area contributed by atoms with E-state index in [1.807, 2.05) is 18.4 Å². The number of fused-ring (bicyclic) bond motifs is 1. The number of aromatic nitrogens is 6. The summed E-state index contributed by atoms with van der Waals surface area (Å²) in [5.41, 5.74) is 1.59. The SMILES string of the molecule is Cc1cc(-n2c(C)cc(C(=O)Cn3cnc4c3c(=O)n(C)c(=O)n4C)c2C)no1. The Morgan fingerprint density at radius 1 is 1.10 bits per heavy atom. The van der Waals surface area contributed by atoms with E-state index in [0.29, 0.717) is 17.1 Å². The van der Waals surface area contributed by atoms with Crippen LogP contribution in [0.3, 0.4) is 0 Å². The van der Waals surface area contributed by atoms with Gasteiger partial charge in [-0.2, -0.15) is 0 Å². The summed E-state index contributed by atoms with van der Waals surface area (Å²) in [5, 5.41) is 4.02. The van der Waals surface area contributed by atoms with Gasteiger partial charge in [0.1, 0.15) is 5.76 Å². The van der Waals surface area contributed by atoms with Gasteiger partial charge in [-0.3, -0.25) is 23.3 Å². The summed E-state index contributed by atoms with van der Waals surface area (Å²) >= 11 is 0. The molecule has 0 saturated heterocycles. The van der Waals surface area contributed by atoms with Gasteiger partial charge in [-0.25, -0.2) is 9.78 Å². The fraction of sp³-hybridized carbons (Fsp3) is 0.316. The zero-order valence-corrected chi connectivity index (χ0v) is 16.8. The van der Waals surface area contributed by atoms with E-state index >= 15 is 0 Å². The highest BCUT2D eigenvalue weighted by Crippen LogP contribution is 2.22. The van der Waals surface area contributed by atoms with Crippen molar-refractivity contribution in [2.75, 3.05) is 0 Å². The van der Waals surface area contributed by atoms with Crippen LogP contribution in [0.15, 0.2) is 32.6 Å². The minimum Gasteiger partial charge on any atom is -0.360 e. The van der Waals surface area contributed by atoms with Gasteiger partial charge in [0.25, 0.3) is 5.56 Å². The van der Waals surface area contributed by atoms with Gasteiger partial charge in [0.15, 0.2) is 22.8 Å². The minimum atomic E-state index is -0.489. The third-order valence-electron chi connectivity index (χ3n) is 5.11. The second-order valence-corrected chi connectivity index (χ2v) is 7.09. The maximum atomic E-state index is 13.0. The highest BCUT2D eigenvalue weighted by Gasteiger charge is 2.21. The molecule has 0 atom stereocenters. The van der Waals surface area contributed by atoms with E-state index in [1.54, 1.807) is 19.1 Å². The molecule has 4 rings (SSSR count). The molecule has 0 aliphatic heterocycles. The molecule has 0 aliphatic carbocycles. The largest absolute Gasteiger partial charge is 0.360 e. The Kier molecular flexibility index (Phi) is 4.14. The molecule has 10 heteroatoms. The molecule has 150 valence electrons. The van der Waals surface area contributed by atoms with Gasteiger partial charge in [0.2, 0.25) is 0 Å². The molecule has 0 amide bonds. The van der Waals surface area contributed by atoms with Crippen molar-refractivity contribution < 1.29 is 9.32 Å². The zero-order chi connectivity index (χ0) is 21.0. The van der Waals surface area contributed by atoms with Gasteiger partial charge in [-0.05, 0) is 26.8 Å². The highest BCUT2D eigenvalue weighted by molar-refractivity contribution is 5.98. The Hall–Kier alpha value is -3.69. The number of carbonyl (C=O) groups excluding carboxylic acids is 1. The van der Waals surface area contributed by atoms with Crippen LogP contribution in [0.5, 0.6) is 0 Å². The normalized spacial score (nSPS) is 11.5. The average Bonchev–Trinajstić information content (AvgIpc) is 3.36. The lowest BCUT2D eigenvalue weighted by molar-refractivity contribution is 0.0972. The first-order valence-corrected chi connectivity index (χ1v) is 8.97. The fourth-order valence-electron chi connectivity index (χ4n) is 3.61. The number of hydrogen-bond donors (Lipinski definition) is 0. The summed E-state index contributed by atoms with van der Waals surface area (Å²) in [6, 6.07) is 3.58.